The van der Waals surface area contributed by atoms with Gasteiger partial charge in [-0.1, -0.05) is 23.7 Å². The minimum Gasteiger partial charge on any atom is -0.372 e. The second-order valence-corrected chi connectivity index (χ2v) is 4.43. The van der Waals surface area contributed by atoms with Crippen LogP contribution in [0.4, 0.5) is 0 Å². The van der Waals surface area contributed by atoms with E-state index in [2.05, 4.69) is 32.5 Å². The second-order valence-electron chi connectivity index (χ2n) is 3.26. The zero-order chi connectivity index (χ0) is 9.97. The summed E-state index contributed by atoms with van der Waals surface area (Å²) < 4.78 is 8.77. The van der Waals surface area contributed by atoms with Crippen molar-refractivity contribution in [1.29, 1.82) is 0 Å². The van der Waals surface area contributed by atoms with Gasteiger partial charge in [-0.3, -0.25) is 3.53 Å². The molecule has 0 aliphatic carbocycles. The number of benzene rings is 1. The van der Waals surface area contributed by atoms with E-state index in [1.54, 1.807) is 0 Å². The van der Waals surface area contributed by atoms with Crippen molar-refractivity contribution < 1.29 is 4.74 Å². The zero-order valence-corrected chi connectivity index (χ0v) is 10.5. The zero-order valence-electron chi connectivity index (χ0n) is 7.59. The van der Waals surface area contributed by atoms with Crippen LogP contribution in [0.3, 0.4) is 0 Å². The standard InChI is InChI=1S/C10H11ClINO/c11-8-3-1-2-7-4-5-14-9(6-13-12)10(7)8/h1-3,9,13H,4-6H2/t9-/m1/s1. The van der Waals surface area contributed by atoms with Crippen molar-refractivity contribution in [1.82, 2.24) is 3.53 Å². The van der Waals surface area contributed by atoms with Crippen LogP contribution in [0.1, 0.15) is 17.2 Å². The third-order valence-electron chi connectivity index (χ3n) is 2.42. The fourth-order valence-corrected chi connectivity index (χ4v) is 2.50. The molecule has 0 radical (unpaired) electrons. The van der Waals surface area contributed by atoms with Crippen LogP contribution in [0.2, 0.25) is 5.02 Å². The van der Waals surface area contributed by atoms with Gasteiger partial charge in [0.2, 0.25) is 0 Å². The van der Waals surface area contributed by atoms with Gasteiger partial charge in [0.25, 0.3) is 0 Å². The molecule has 0 aromatic heterocycles. The number of nitrogens with one attached hydrogen (secondary N) is 1. The number of rotatable bonds is 2. The highest BCUT2D eigenvalue weighted by molar-refractivity contribution is 14.1. The van der Waals surface area contributed by atoms with Gasteiger partial charge in [0, 0.05) is 40.0 Å². The third kappa shape index (κ3) is 2.05. The number of hydrogen-bond acceptors (Lipinski definition) is 2. The van der Waals surface area contributed by atoms with E-state index in [0.717, 1.165) is 30.2 Å². The topological polar surface area (TPSA) is 21.3 Å². The van der Waals surface area contributed by atoms with Gasteiger partial charge in [-0.25, -0.2) is 0 Å². The average Bonchev–Trinajstić information content (AvgIpc) is 2.19. The van der Waals surface area contributed by atoms with Gasteiger partial charge in [0.15, 0.2) is 0 Å². The molecule has 76 valence electrons. The lowest BCUT2D eigenvalue weighted by molar-refractivity contribution is 0.0472. The van der Waals surface area contributed by atoms with Crippen LogP contribution >= 0.6 is 34.5 Å². The molecule has 1 aromatic carbocycles. The van der Waals surface area contributed by atoms with E-state index in [4.69, 9.17) is 16.3 Å². The van der Waals surface area contributed by atoms with Crippen LogP contribution in [-0.2, 0) is 11.2 Å². The third-order valence-corrected chi connectivity index (χ3v) is 3.19. The highest BCUT2D eigenvalue weighted by Crippen LogP contribution is 2.32. The first-order valence-corrected chi connectivity index (χ1v) is 6.01. The van der Waals surface area contributed by atoms with Crippen molar-refractivity contribution in [3.8, 4) is 0 Å². The van der Waals surface area contributed by atoms with E-state index >= 15 is 0 Å². The van der Waals surface area contributed by atoms with E-state index in [9.17, 15) is 0 Å². The lowest BCUT2D eigenvalue weighted by atomic mass is 9.97. The van der Waals surface area contributed by atoms with Gasteiger partial charge < -0.3 is 4.74 Å². The summed E-state index contributed by atoms with van der Waals surface area (Å²) in [7, 11) is 0. The molecule has 0 saturated carbocycles. The number of halogens is 2. The minimum atomic E-state index is 0.101. The normalized spacial score (nSPS) is 20.6. The highest BCUT2D eigenvalue weighted by atomic mass is 127. The monoisotopic (exact) mass is 323 g/mol. The Morgan fingerprint density at radius 1 is 1.57 bits per heavy atom. The maximum absolute atomic E-state index is 6.16. The van der Waals surface area contributed by atoms with Crippen LogP contribution in [0.25, 0.3) is 0 Å². The van der Waals surface area contributed by atoms with Crippen molar-refractivity contribution in [2.24, 2.45) is 0 Å². The van der Waals surface area contributed by atoms with E-state index in [1.807, 2.05) is 12.1 Å². The van der Waals surface area contributed by atoms with Crippen LogP contribution in [0, 0.1) is 0 Å². The number of hydrogen-bond donors (Lipinski definition) is 1. The molecule has 1 aliphatic rings. The molecule has 1 N–H and O–H groups in total. The Balaban J connectivity index is 2.36. The minimum absolute atomic E-state index is 0.101. The predicted octanol–water partition coefficient (Wildman–Crippen LogP) is 2.89. The molecule has 2 rings (SSSR count). The van der Waals surface area contributed by atoms with Crippen molar-refractivity contribution in [2.75, 3.05) is 13.2 Å². The Bertz CT molecular complexity index is 332. The van der Waals surface area contributed by atoms with E-state index < -0.39 is 0 Å². The fraction of sp³-hybridized carbons (Fsp3) is 0.400. The quantitative estimate of drug-likeness (QED) is 0.667. The van der Waals surface area contributed by atoms with Gasteiger partial charge in [0.05, 0.1) is 12.7 Å². The van der Waals surface area contributed by atoms with Gasteiger partial charge in [0.1, 0.15) is 0 Å². The first-order chi connectivity index (χ1) is 6.83. The number of fused-ring (bicyclic) bond motifs is 1. The van der Waals surface area contributed by atoms with Crippen LogP contribution < -0.4 is 3.53 Å². The van der Waals surface area contributed by atoms with Crippen molar-refractivity contribution in [3.63, 3.8) is 0 Å². The molecule has 0 amide bonds. The SMILES string of the molecule is Clc1cccc2c1[C@@H](CNI)OCC2. The van der Waals surface area contributed by atoms with Crippen molar-refractivity contribution in [3.05, 3.63) is 34.3 Å². The van der Waals surface area contributed by atoms with Crippen molar-refractivity contribution in [2.45, 2.75) is 12.5 Å². The molecule has 0 fully saturated rings. The molecular weight excluding hydrogens is 312 g/mol. The molecule has 1 atom stereocenters. The van der Waals surface area contributed by atoms with Crippen LogP contribution in [-0.4, -0.2) is 13.2 Å². The molecular formula is C10H11ClINO. The Labute approximate surface area is 102 Å². The van der Waals surface area contributed by atoms with Crippen molar-refractivity contribution >= 4 is 34.5 Å². The smallest absolute Gasteiger partial charge is 0.0974 e. The Kier molecular flexibility index (Phi) is 3.65. The molecule has 14 heavy (non-hydrogen) atoms. The van der Waals surface area contributed by atoms with Gasteiger partial charge in [-0.15, -0.1) is 0 Å². The summed E-state index contributed by atoms with van der Waals surface area (Å²) in [6, 6.07) is 6.06. The summed E-state index contributed by atoms with van der Waals surface area (Å²) in [6.45, 7) is 1.59. The largest absolute Gasteiger partial charge is 0.372 e. The summed E-state index contributed by atoms with van der Waals surface area (Å²) in [4.78, 5) is 0. The van der Waals surface area contributed by atoms with Crippen LogP contribution in [0.5, 0.6) is 0 Å². The maximum atomic E-state index is 6.16. The summed E-state index contributed by atoms with van der Waals surface area (Å²) in [6.07, 6.45) is 1.07. The second kappa shape index (κ2) is 4.79. The molecule has 4 heteroatoms. The summed E-state index contributed by atoms with van der Waals surface area (Å²) >= 11 is 8.29. The van der Waals surface area contributed by atoms with Gasteiger partial charge in [-0.2, -0.15) is 0 Å². The molecule has 1 aliphatic heterocycles. The van der Waals surface area contributed by atoms with E-state index in [0.29, 0.717) is 0 Å². The fourth-order valence-electron chi connectivity index (χ4n) is 1.79. The average molecular weight is 324 g/mol. The molecule has 2 nitrogen and oxygen atoms in total. The maximum Gasteiger partial charge on any atom is 0.0974 e. The summed E-state index contributed by atoms with van der Waals surface area (Å²) in [5.74, 6) is 0. The molecule has 1 heterocycles. The van der Waals surface area contributed by atoms with E-state index in [-0.39, 0.29) is 6.10 Å². The predicted molar refractivity (Wildman–Crippen MR) is 65.9 cm³/mol. The Morgan fingerprint density at radius 2 is 2.43 bits per heavy atom. The van der Waals surface area contributed by atoms with Gasteiger partial charge in [-0.05, 0) is 18.1 Å². The molecule has 0 spiro atoms. The first kappa shape index (κ1) is 10.7. The highest BCUT2D eigenvalue weighted by Gasteiger charge is 2.22. The van der Waals surface area contributed by atoms with Gasteiger partial charge >= 0.3 is 0 Å². The molecule has 0 unspecified atom stereocenters. The van der Waals surface area contributed by atoms with E-state index in [1.165, 1.54) is 5.56 Å². The molecule has 0 saturated heterocycles. The van der Waals surface area contributed by atoms with Crippen LogP contribution in [0.15, 0.2) is 18.2 Å². The lowest BCUT2D eigenvalue weighted by Gasteiger charge is -2.26. The molecule has 1 aromatic rings. The Hall–Kier alpha value is 0.160. The molecule has 0 bridgehead atoms. The first-order valence-electron chi connectivity index (χ1n) is 4.55. The Morgan fingerprint density at radius 3 is 3.21 bits per heavy atom. The lowest BCUT2D eigenvalue weighted by Crippen LogP contribution is -2.23. The summed E-state index contributed by atoms with van der Waals surface area (Å²) in [5, 5.41) is 0.818. The number of ether oxygens (including phenoxy) is 1. The summed E-state index contributed by atoms with van der Waals surface area (Å²) in [5.41, 5.74) is 2.48.